The first kappa shape index (κ1) is 19.3. The summed E-state index contributed by atoms with van der Waals surface area (Å²) >= 11 is 18.1. The minimum Gasteiger partial charge on any atom is -0.454 e. The van der Waals surface area contributed by atoms with E-state index in [1.165, 1.54) is 11.3 Å². The molecular formula is C22H20Cl2N2OS. The van der Waals surface area contributed by atoms with Gasteiger partial charge in [0.1, 0.15) is 10.7 Å². The average molecular weight is 431 g/mol. The number of hydrogen-bond acceptors (Lipinski definition) is 3. The van der Waals surface area contributed by atoms with Crippen molar-refractivity contribution >= 4 is 46.1 Å². The van der Waals surface area contributed by atoms with Crippen LogP contribution in [-0.4, -0.2) is 36.1 Å². The van der Waals surface area contributed by atoms with E-state index in [9.17, 15) is 0 Å². The van der Waals surface area contributed by atoms with Crippen LogP contribution in [0.25, 0.3) is 11.3 Å². The lowest BCUT2D eigenvalue weighted by Crippen LogP contribution is -2.48. The molecule has 3 nitrogen and oxygen atoms in total. The van der Waals surface area contributed by atoms with Crippen molar-refractivity contribution in [3.63, 3.8) is 0 Å². The van der Waals surface area contributed by atoms with Crippen LogP contribution in [0.1, 0.15) is 11.3 Å². The third-order valence-corrected chi connectivity index (χ3v) is 6.25. The Bertz CT molecular complexity index is 1010. The normalized spacial score (nSPS) is 14.4. The van der Waals surface area contributed by atoms with Crippen molar-refractivity contribution in [2.24, 2.45) is 0 Å². The van der Waals surface area contributed by atoms with Crippen molar-refractivity contribution in [1.29, 1.82) is 0 Å². The quantitative estimate of drug-likeness (QED) is 0.470. The highest BCUT2D eigenvalue weighted by Crippen LogP contribution is 2.34. The summed E-state index contributed by atoms with van der Waals surface area (Å²) in [6, 6.07) is 17.9. The zero-order chi connectivity index (χ0) is 19.7. The molecule has 0 bridgehead atoms. The molecular weight excluding hydrogens is 411 g/mol. The van der Waals surface area contributed by atoms with Gasteiger partial charge in [0, 0.05) is 37.4 Å². The molecule has 0 N–H and O–H groups in total. The number of nitrogens with zero attached hydrogens (tertiary/aromatic N) is 2. The molecule has 3 aromatic rings. The zero-order valence-corrected chi connectivity index (χ0v) is 17.8. The third-order valence-electron chi connectivity index (χ3n) is 4.97. The Hall–Kier alpha value is -2.01. The standard InChI is InChI=1S/C22H20Cl2N2OS/c1-15-4-2-5-16(14-15)25-10-12-26(13-11-25)22(28)20-9-8-19(27-20)17-6-3-7-18(23)21(17)24/h2-9,14H,10-13H2,1H3. The summed E-state index contributed by atoms with van der Waals surface area (Å²) in [5.41, 5.74) is 3.31. The van der Waals surface area contributed by atoms with Crippen LogP contribution in [0, 0.1) is 6.92 Å². The van der Waals surface area contributed by atoms with Crippen LogP contribution < -0.4 is 4.90 Å². The molecule has 1 aromatic heterocycles. The smallest absolute Gasteiger partial charge is 0.162 e. The molecule has 1 aliphatic rings. The maximum atomic E-state index is 6.31. The van der Waals surface area contributed by atoms with Crippen molar-refractivity contribution < 1.29 is 4.42 Å². The Morgan fingerprint density at radius 2 is 1.71 bits per heavy atom. The lowest BCUT2D eigenvalue weighted by atomic mass is 10.2. The van der Waals surface area contributed by atoms with Crippen LogP contribution in [-0.2, 0) is 0 Å². The number of benzene rings is 2. The number of anilines is 1. The van der Waals surface area contributed by atoms with E-state index in [0.717, 1.165) is 36.7 Å². The zero-order valence-electron chi connectivity index (χ0n) is 15.5. The number of piperazine rings is 1. The minimum absolute atomic E-state index is 0.489. The molecule has 6 heteroatoms. The first-order valence-electron chi connectivity index (χ1n) is 9.18. The van der Waals surface area contributed by atoms with E-state index in [-0.39, 0.29) is 0 Å². The molecule has 0 spiro atoms. The Balaban J connectivity index is 1.45. The maximum Gasteiger partial charge on any atom is 0.162 e. The largest absolute Gasteiger partial charge is 0.454 e. The van der Waals surface area contributed by atoms with Crippen LogP contribution in [0.15, 0.2) is 59.0 Å². The van der Waals surface area contributed by atoms with Gasteiger partial charge in [-0.05, 0) is 48.9 Å². The SMILES string of the molecule is Cc1cccc(N2CCN(C(=S)c3ccc(-c4cccc(Cl)c4Cl)o3)CC2)c1. The van der Waals surface area contributed by atoms with Gasteiger partial charge in [0.05, 0.1) is 10.0 Å². The Labute approximate surface area is 180 Å². The molecule has 0 saturated carbocycles. The topological polar surface area (TPSA) is 19.6 Å². The summed E-state index contributed by atoms with van der Waals surface area (Å²) in [5, 5.41) is 0.995. The Kier molecular flexibility index (Phi) is 5.63. The second-order valence-electron chi connectivity index (χ2n) is 6.88. The van der Waals surface area contributed by atoms with Gasteiger partial charge >= 0.3 is 0 Å². The summed E-state index contributed by atoms with van der Waals surface area (Å²) < 4.78 is 6.01. The van der Waals surface area contributed by atoms with Gasteiger partial charge in [0.2, 0.25) is 0 Å². The highest BCUT2D eigenvalue weighted by Gasteiger charge is 2.22. The van der Waals surface area contributed by atoms with E-state index in [0.29, 0.717) is 21.6 Å². The molecule has 0 amide bonds. The van der Waals surface area contributed by atoms with Gasteiger partial charge in [0.15, 0.2) is 5.76 Å². The van der Waals surface area contributed by atoms with Gasteiger partial charge in [-0.1, -0.05) is 53.6 Å². The molecule has 0 unspecified atom stereocenters. The Morgan fingerprint density at radius 1 is 0.964 bits per heavy atom. The number of halogens is 2. The highest BCUT2D eigenvalue weighted by molar-refractivity contribution is 7.80. The summed E-state index contributed by atoms with van der Waals surface area (Å²) in [6.45, 7) is 5.70. The fourth-order valence-electron chi connectivity index (χ4n) is 3.44. The highest BCUT2D eigenvalue weighted by atomic mass is 35.5. The molecule has 0 radical (unpaired) electrons. The van der Waals surface area contributed by atoms with Crippen LogP contribution in [0.4, 0.5) is 5.69 Å². The van der Waals surface area contributed by atoms with Crippen LogP contribution in [0.3, 0.4) is 0 Å². The molecule has 1 saturated heterocycles. The average Bonchev–Trinajstić information content (AvgIpc) is 3.19. The van der Waals surface area contributed by atoms with Gasteiger partial charge < -0.3 is 14.2 Å². The lowest BCUT2D eigenvalue weighted by molar-refractivity contribution is 0.385. The predicted molar refractivity (Wildman–Crippen MR) is 121 cm³/mol. The maximum absolute atomic E-state index is 6.31. The van der Waals surface area contributed by atoms with Gasteiger partial charge in [0.25, 0.3) is 0 Å². The van der Waals surface area contributed by atoms with Gasteiger partial charge in [-0.15, -0.1) is 0 Å². The predicted octanol–water partition coefficient (Wildman–Crippen LogP) is 6.06. The van der Waals surface area contributed by atoms with Crippen molar-refractivity contribution in [1.82, 2.24) is 4.90 Å². The molecule has 2 heterocycles. The van der Waals surface area contributed by atoms with Crippen molar-refractivity contribution in [3.05, 3.63) is 76.0 Å². The van der Waals surface area contributed by atoms with E-state index in [2.05, 4.69) is 41.0 Å². The molecule has 0 aliphatic carbocycles. The van der Waals surface area contributed by atoms with Crippen LogP contribution in [0.2, 0.25) is 10.0 Å². The van der Waals surface area contributed by atoms with E-state index < -0.39 is 0 Å². The van der Waals surface area contributed by atoms with Crippen molar-refractivity contribution in [2.45, 2.75) is 6.92 Å². The van der Waals surface area contributed by atoms with Gasteiger partial charge in [-0.25, -0.2) is 0 Å². The molecule has 0 atom stereocenters. The molecule has 28 heavy (non-hydrogen) atoms. The molecule has 4 rings (SSSR count). The summed E-state index contributed by atoms with van der Waals surface area (Å²) in [5.74, 6) is 1.35. The summed E-state index contributed by atoms with van der Waals surface area (Å²) in [6.07, 6.45) is 0. The second-order valence-corrected chi connectivity index (χ2v) is 8.06. The van der Waals surface area contributed by atoms with Crippen molar-refractivity contribution in [3.8, 4) is 11.3 Å². The molecule has 144 valence electrons. The third kappa shape index (κ3) is 3.90. The lowest BCUT2D eigenvalue weighted by Gasteiger charge is -2.37. The van der Waals surface area contributed by atoms with E-state index in [1.54, 1.807) is 6.07 Å². The van der Waals surface area contributed by atoms with Gasteiger partial charge in [-0.3, -0.25) is 0 Å². The first-order valence-corrected chi connectivity index (χ1v) is 10.3. The number of thiocarbonyl (C=S) groups is 1. The minimum atomic E-state index is 0.489. The summed E-state index contributed by atoms with van der Waals surface area (Å²) in [7, 11) is 0. The number of furan rings is 1. The van der Waals surface area contributed by atoms with E-state index in [1.807, 2.05) is 24.3 Å². The van der Waals surface area contributed by atoms with E-state index in [4.69, 9.17) is 39.8 Å². The van der Waals surface area contributed by atoms with Crippen LogP contribution in [0.5, 0.6) is 0 Å². The van der Waals surface area contributed by atoms with Crippen LogP contribution >= 0.6 is 35.4 Å². The number of aryl methyl sites for hydroxylation is 1. The number of rotatable bonds is 3. The summed E-state index contributed by atoms with van der Waals surface area (Å²) in [4.78, 5) is 5.32. The fourth-order valence-corrected chi connectivity index (χ4v) is 4.13. The molecule has 2 aromatic carbocycles. The monoisotopic (exact) mass is 430 g/mol. The van der Waals surface area contributed by atoms with Gasteiger partial charge in [-0.2, -0.15) is 0 Å². The fraction of sp³-hybridized carbons (Fsp3) is 0.227. The number of hydrogen-bond donors (Lipinski definition) is 0. The first-order chi connectivity index (χ1) is 13.5. The molecule has 1 aliphatic heterocycles. The van der Waals surface area contributed by atoms with E-state index >= 15 is 0 Å². The Morgan fingerprint density at radius 3 is 2.46 bits per heavy atom. The van der Waals surface area contributed by atoms with Crippen molar-refractivity contribution in [2.75, 3.05) is 31.1 Å². The second kappa shape index (κ2) is 8.16. The molecule has 1 fully saturated rings.